The second kappa shape index (κ2) is 14.1. The Morgan fingerprint density at radius 3 is 2.61 bits per heavy atom. The number of rotatable bonds is 7. The number of nitrogens with zero attached hydrogens (tertiary/aromatic N) is 6. The molecule has 4 rings (SSSR count). The Bertz CT molecular complexity index is 1360. The molecule has 1 saturated heterocycles. The number of nitrogen functional groups attached to an aromatic ring is 1. The molecule has 2 aromatic heterocycles. The molecule has 38 heavy (non-hydrogen) atoms. The van der Waals surface area contributed by atoms with Gasteiger partial charge < -0.3 is 16.0 Å². The topological polar surface area (TPSA) is 131 Å². The summed E-state index contributed by atoms with van der Waals surface area (Å²) in [4.78, 5) is 37.4. The van der Waals surface area contributed by atoms with E-state index in [1.807, 2.05) is 23.7 Å². The number of amides is 1. The van der Waals surface area contributed by atoms with Crippen LogP contribution in [0.25, 0.3) is 22.3 Å². The highest BCUT2D eigenvalue weighted by atomic mass is 32.2. The van der Waals surface area contributed by atoms with Crippen molar-refractivity contribution in [2.24, 2.45) is 4.99 Å². The van der Waals surface area contributed by atoms with Crippen molar-refractivity contribution in [1.29, 1.82) is 0 Å². The van der Waals surface area contributed by atoms with Crippen LogP contribution in [0.1, 0.15) is 43.1 Å². The van der Waals surface area contributed by atoms with E-state index in [-0.39, 0.29) is 11.9 Å². The minimum absolute atomic E-state index is 0.141. The first-order valence-corrected chi connectivity index (χ1v) is 13.0. The van der Waals surface area contributed by atoms with Crippen LogP contribution in [0.4, 0.5) is 5.82 Å². The van der Waals surface area contributed by atoms with Gasteiger partial charge in [0.05, 0.1) is 17.3 Å². The zero-order valence-corrected chi connectivity index (χ0v) is 22.7. The second-order valence-corrected chi connectivity index (χ2v) is 9.81. The van der Waals surface area contributed by atoms with Gasteiger partial charge in [0.15, 0.2) is 11.9 Å². The Balaban J connectivity index is 0.000000732. The Morgan fingerprint density at radius 2 is 2.00 bits per heavy atom. The maximum atomic E-state index is 12.5. The maximum absolute atomic E-state index is 12.5. The van der Waals surface area contributed by atoms with E-state index >= 15 is 0 Å². The minimum Gasteiger partial charge on any atom is -0.383 e. The lowest BCUT2D eigenvalue weighted by atomic mass is 10.1. The molecule has 11 heteroatoms. The number of anilines is 1. The summed E-state index contributed by atoms with van der Waals surface area (Å²) in [6.07, 6.45) is 5.73. The average molecular weight is 533 g/mol. The van der Waals surface area contributed by atoms with Gasteiger partial charge in [0.1, 0.15) is 17.8 Å². The minimum atomic E-state index is -0.141. The van der Waals surface area contributed by atoms with Gasteiger partial charge in [0, 0.05) is 22.2 Å². The number of aromatic nitrogens is 4. The predicted molar refractivity (Wildman–Crippen MR) is 154 cm³/mol. The molecule has 0 saturated carbocycles. The highest BCUT2D eigenvalue weighted by Crippen LogP contribution is 2.34. The van der Waals surface area contributed by atoms with Crippen molar-refractivity contribution in [3.05, 3.63) is 47.3 Å². The van der Waals surface area contributed by atoms with Crippen LogP contribution in [-0.4, -0.2) is 69.6 Å². The van der Waals surface area contributed by atoms with E-state index in [9.17, 15) is 9.59 Å². The predicted octanol–water partition coefficient (Wildman–Crippen LogP) is 3.53. The maximum Gasteiger partial charge on any atom is 0.251 e. The van der Waals surface area contributed by atoms with E-state index in [1.165, 1.54) is 18.1 Å². The van der Waals surface area contributed by atoms with E-state index in [0.717, 1.165) is 53.1 Å². The molecule has 0 spiro atoms. The normalized spacial score (nSPS) is 14.1. The first-order chi connectivity index (χ1) is 18.4. The number of aliphatic imine (C=N–C) groups is 1. The van der Waals surface area contributed by atoms with Crippen LogP contribution in [0.2, 0.25) is 0 Å². The number of allylic oxidation sites excluding steroid dienone is 1. The third kappa shape index (κ3) is 7.27. The number of piperidine rings is 1. The molecule has 1 fully saturated rings. The average Bonchev–Trinajstić information content (AvgIpc) is 3.31. The van der Waals surface area contributed by atoms with E-state index < -0.39 is 0 Å². The number of aldehydes is 1. The molecule has 0 aliphatic carbocycles. The van der Waals surface area contributed by atoms with Crippen LogP contribution in [0.5, 0.6) is 0 Å². The summed E-state index contributed by atoms with van der Waals surface area (Å²) in [6, 6.07) is 7.64. The third-order valence-electron chi connectivity index (χ3n) is 5.98. The van der Waals surface area contributed by atoms with Crippen molar-refractivity contribution in [2.45, 2.75) is 32.7 Å². The number of hydrogen-bond donors (Lipinski definition) is 2. The van der Waals surface area contributed by atoms with Crippen LogP contribution in [0, 0.1) is 11.8 Å². The lowest BCUT2D eigenvalue weighted by Gasteiger charge is -2.29. The Labute approximate surface area is 226 Å². The first-order valence-electron chi connectivity index (χ1n) is 12.1. The monoisotopic (exact) mass is 532 g/mol. The van der Waals surface area contributed by atoms with Crippen LogP contribution in [-0.2, 0) is 4.79 Å². The van der Waals surface area contributed by atoms with Crippen molar-refractivity contribution in [3.63, 3.8) is 0 Å². The molecule has 3 N–H and O–H groups in total. The number of carbonyl (C=O) groups is 2. The molecular formula is C27H32N8O2S. The molecule has 0 unspecified atom stereocenters. The van der Waals surface area contributed by atoms with Crippen molar-refractivity contribution in [1.82, 2.24) is 30.0 Å². The number of hydrogen-bond acceptors (Lipinski definition) is 9. The van der Waals surface area contributed by atoms with Crippen LogP contribution < -0.4 is 11.1 Å². The molecule has 1 aliphatic rings. The number of carbonyl (C=O) groups excluding carboxylic acids is 2. The van der Waals surface area contributed by atoms with E-state index in [2.05, 4.69) is 50.8 Å². The summed E-state index contributed by atoms with van der Waals surface area (Å²) in [5.41, 5.74) is 9.18. The van der Waals surface area contributed by atoms with Crippen LogP contribution in [0.15, 0.2) is 46.7 Å². The highest BCUT2D eigenvalue weighted by molar-refractivity contribution is 8.03. The summed E-state index contributed by atoms with van der Waals surface area (Å²) < 4.78 is 2.00. The largest absolute Gasteiger partial charge is 0.383 e. The molecule has 0 atom stereocenters. The zero-order chi connectivity index (χ0) is 27.5. The molecule has 1 aliphatic heterocycles. The molecule has 1 aromatic carbocycles. The van der Waals surface area contributed by atoms with Gasteiger partial charge in [-0.3, -0.25) is 14.6 Å². The van der Waals surface area contributed by atoms with Gasteiger partial charge in [0.2, 0.25) is 0 Å². The van der Waals surface area contributed by atoms with Crippen LogP contribution in [0.3, 0.4) is 0 Å². The quantitative estimate of drug-likeness (QED) is 0.204. The fourth-order valence-electron chi connectivity index (χ4n) is 4.01. The highest BCUT2D eigenvalue weighted by Gasteiger charge is 2.25. The number of nitrogens with two attached hydrogens (primary N) is 1. The molecule has 0 bridgehead atoms. The second-order valence-electron chi connectivity index (χ2n) is 8.59. The zero-order valence-electron chi connectivity index (χ0n) is 21.8. The summed E-state index contributed by atoms with van der Waals surface area (Å²) in [5, 5.41) is 8.57. The number of benzene rings is 1. The fraction of sp³-hybridized carbons (Fsp3) is 0.333. The van der Waals surface area contributed by atoms with E-state index in [1.54, 1.807) is 25.3 Å². The third-order valence-corrected chi connectivity index (χ3v) is 6.83. The van der Waals surface area contributed by atoms with E-state index in [4.69, 9.17) is 10.8 Å². The van der Waals surface area contributed by atoms with Crippen LogP contribution >= 0.6 is 11.8 Å². The molecular weight excluding hydrogens is 500 g/mol. The molecule has 1 amide bonds. The smallest absolute Gasteiger partial charge is 0.251 e. The summed E-state index contributed by atoms with van der Waals surface area (Å²) >= 11 is 1.50. The SMILES string of the molecule is C=N/C=C(/C)SCNC(=O)c1ccc(-c2nn(C3CCN(C)CC3)c3ncnc(N)c23)cc1.CC#CC=O. The molecule has 3 heterocycles. The summed E-state index contributed by atoms with van der Waals surface area (Å²) in [5.74, 6) is 5.30. The van der Waals surface area contributed by atoms with Gasteiger partial charge in [-0.15, -0.1) is 11.8 Å². The summed E-state index contributed by atoms with van der Waals surface area (Å²) in [7, 11) is 2.13. The molecule has 10 nitrogen and oxygen atoms in total. The van der Waals surface area contributed by atoms with Gasteiger partial charge in [-0.2, -0.15) is 5.10 Å². The van der Waals surface area contributed by atoms with Gasteiger partial charge in [-0.1, -0.05) is 18.1 Å². The van der Waals surface area contributed by atoms with Crippen molar-refractivity contribution >= 4 is 47.5 Å². The Hall–Kier alpha value is -4.01. The van der Waals surface area contributed by atoms with E-state index in [0.29, 0.717) is 23.5 Å². The molecule has 3 aromatic rings. The number of thioether (sulfide) groups is 1. The lowest BCUT2D eigenvalue weighted by Crippen LogP contribution is -2.31. The molecule has 198 valence electrons. The van der Waals surface area contributed by atoms with Crippen molar-refractivity contribution < 1.29 is 9.59 Å². The Morgan fingerprint density at radius 1 is 1.29 bits per heavy atom. The van der Waals surface area contributed by atoms with Gasteiger partial charge in [0.25, 0.3) is 5.91 Å². The first kappa shape index (κ1) is 28.6. The van der Waals surface area contributed by atoms with Crippen molar-refractivity contribution in [3.8, 4) is 23.1 Å². The van der Waals surface area contributed by atoms with Gasteiger partial charge >= 0.3 is 0 Å². The van der Waals surface area contributed by atoms with Crippen molar-refractivity contribution in [2.75, 3.05) is 31.7 Å². The number of fused-ring (bicyclic) bond motifs is 1. The fourth-order valence-corrected chi connectivity index (χ4v) is 4.59. The Kier molecular flexibility index (Phi) is 10.6. The van der Waals surface area contributed by atoms with Gasteiger partial charge in [-0.25, -0.2) is 14.6 Å². The number of likely N-dealkylation sites (tertiary alicyclic amines) is 1. The number of nitrogens with one attached hydrogen (secondary N) is 1. The van der Waals surface area contributed by atoms with Gasteiger partial charge in [-0.05, 0) is 71.6 Å². The molecule has 0 radical (unpaired) electrons. The standard InChI is InChI=1S/C23H28N8OS.C4H4O/c1-15(12-25-2)33-14-28-23(32)17-6-4-16(5-7-17)20-19-21(24)26-13-27-22(19)31(29-20)18-8-10-30(3)11-9-18;1-2-3-4-5/h4-7,12-13,18H,2,8-11,14H2,1,3H3,(H,28,32)(H2,24,26,27);4H,1H3/b15-12-;. The lowest BCUT2D eigenvalue weighted by molar-refractivity contribution is -0.103. The summed E-state index contributed by atoms with van der Waals surface area (Å²) in [6.45, 7) is 9.00.